The number of hydrogen-bond acceptors (Lipinski definition) is 7. The molecule has 1 aliphatic heterocycles. The molecule has 3 aromatic rings. The molecule has 3 N–H and O–H groups in total. The maximum Gasteiger partial charge on any atom is 0.416 e. The van der Waals surface area contributed by atoms with Crippen LogP contribution in [0.3, 0.4) is 0 Å². The predicted octanol–water partition coefficient (Wildman–Crippen LogP) is 3.26. The molecule has 1 unspecified atom stereocenters. The number of alkyl halides is 3. The van der Waals surface area contributed by atoms with Crippen LogP contribution in [0.15, 0.2) is 48.8 Å². The number of nitrogens with zero attached hydrogens (tertiary/aromatic N) is 5. The number of rotatable bonds is 5. The lowest BCUT2D eigenvalue weighted by atomic mass is 10.0. The van der Waals surface area contributed by atoms with Gasteiger partial charge in [0.2, 0.25) is 0 Å². The van der Waals surface area contributed by atoms with Gasteiger partial charge in [0.15, 0.2) is 0 Å². The fourth-order valence-corrected chi connectivity index (χ4v) is 4.06. The van der Waals surface area contributed by atoms with Gasteiger partial charge in [-0.25, -0.2) is 0 Å². The van der Waals surface area contributed by atoms with Crippen molar-refractivity contribution < 1.29 is 18.0 Å². The number of carbonyl (C=O) groups excluding carboxylic acids is 1. The van der Waals surface area contributed by atoms with E-state index in [1.165, 1.54) is 30.6 Å². The standard InChI is InChI=1S/C26H26F3N7O/c1-35(2)22-9-10-36(16-22)15-18-4-6-21(12-23(18)26(27,28)29)32-25(37)19-11-17(13-31-14-19)3-5-20-7-8-24(30)34-33-20/h4,6-8,11-14,22H,9-10,15-16H2,1-2H3,(H2,30,34)(H,32,37). The zero-order valence-corrected chi connectivity index (χ0v) is 20.4. The van der Waals surface area contributed by atoms with Gasteiger partial charge >= 0.3 is 6.18 Å². The maximum atomic E-state index is 13.9. The fourth-order valence-electron chi connectivity index (χ4n) is 4.06. The average Bonchev–Trinajstić information content (AvgIpc) is 3.33. The quantitative estimate of drug-likeness (QED) is 0.510. The van der Waals surface area contributed by atoms with Crippen LogP contribution in [-0.2, 0) is 12.7 Å². The molecule has 1 saturated heterocycles. The van der Waals surface area contributed by atoms with Gasteiger partial charge in [-0.2, -0.15) is 13.2 Å². The Balaban J connectivity index is 1.49. The van der Waals surface area contributed by atoms with Crippen LogP contribution in [0.5, 0.6) is 0 Å². The molecule has 4 rings (SSSR count). The summed E-state index contributed by atoms with van der Waals surface area (Å²) in [4.78, 5) is 20.9. The van der Waals surface area contributed by atoms with Crippen LogP contribution < -0.4 is 11.1 Å². The Morgan fingerprint density at radius 3 is 2.65 bits per heavy atom. The molecule has 1 atom stereocenters. The van der Waals surface area contributed by atoms with Crippen molar-refractivity contribution >= 4 is 17.4 Å². The van der Waals surface area contributed by atoms with Gasteiger partial charge in [-0.3, -0.25) is 14.7 Å². The van der Waals surface area contributed by atoms with Gasteiger partial charge in [-0.05, 0) is 62.3 Å². The summed E-state index contributed by atoms with van der Waals surface area (Å²) < 4.78 is 41.7. The first-order valence-corrected chi connectivity index (χ1v) is 11.5. The Kier molecular flexibility index (Phi) is 7.71. The number of pyridine rings is 1. The lowest BCUT2D eigenvalue weighted by Crippen LogP contribution is -2.31. The molecular formula is C26H26F3N7O. The third-order valence-corrected chi connectivity index (χ3v) is 6.07. The van der Waals surface area contributed by atoms with Gasteiger partial charge < -0.3 is 16.0 Å². The van der Waals surface area contributed by atoms with Crippen LogP contribution in [-0.4, -0.2) is 64.1 Å². The van der Waals surface area contributed by atoms with Crippen LogP contribution in [0, 0.1) is 11.8 Å². The summed E-state index contributed by atoms with van der Waals surface area (Å²) in [6.45, 7) is 1.63. The van der Waals surface area contributed by atoms with Crippen molar-refractivity contribution in [2.45, 2.75) is 25.2 Å². The number of nitrogens with one attached hydrogen (secondary N) is 1. The summed E-state index contributed by atoms with van der Waals surface area (Å²) in [6, 6.07) is 8.86. The van der Waals surface area contributed by atoms with Crippen molar-refractivity contribution in [2.24, 2.45) is 0 Å². The molecule has 1 fully saturated rings. The fraction of sp³-hybridized carbons (Fsp3) is 0.308. The molecule has 37 heavy (non-hydrogen) atoms. The van der Waals surface area contributed by atoms with E-state index in [9.17, 15) is 18.0 Å². The average molecular weight is 510 g/mol. The molecule has 1 amide bonds. The molecule has 0 radical (unpaired) electrons. The number of aromatic nitrogens is 3. The van der Waals surface area contributed by atoms with E-state index in [2.05, 4.69) is 37.2 Å². The monoisotopic (exact) mass is 509 g/mol. The summed E-state index contributed by atoms with van der Waals surface area (Å²) in [7, 11) is 3.94. The number of anilines is 2. The zero-order chi connectivity index (χ0) is 26.6. The minimum atomic E-state index is -4.56. The van der Waals surface area contributed by atoms with Crippen molar-refractivity contribution in [3.63, 3.8) is 0 Å². The first kappa shape index (κ1) is 26.1. The molecule has 0 spiro atoms. The minimum absolute atomic E-state index is 0.0438. The highest BCUT2D eigenvalue weighted by Gasteiger charge is 2.35. The lowest BCUT2D eigenvalue weighted by molar-refractivity contribution is -0.138. The van der Waals surface area contributed by atoms with E-state index < -0.39 is 17.6 Å². The number of likely N-dealkylation sites (tertiary alicyclic amines) is 1. The van der Waals surface area contributed by atoms with Crippen molar-refractivity contribution in [1.82, 2.24) is 25.0 Å². The summed E-state index contributed by atoms with van der Waals surface area (Å²) in [5, 5.41) is 10.1. The number of benzene rings is 1. The van der Waals surface area contributed by atoms with Gasteiger partial charge in [-0.15, -0.1) is 10.2 Å². The first-order valence-electron chi connectivity index (χ1n) is 11.5. The Hall–Kier alpha value is -4.01. The number of nitrogen functional groups attached to an aromatic ring is 1. The second-order valence-corrected chi connectivity index (χ2v) is 9.02. The SMILES string of the molecule is CN(C)C1CCN(Cc2ccc(NC(=O)c3cncc(C#Cc4ccc(N)nn4)c3)cc2C(F)(F)F)C1. The topological polar surface area (TPSA) is 100 Å². The van der Waals surface area contributed by atoms with E-state index >= 15 is 0 Å². The van der Waals surface area contributed by atoms with Crippen LogP contribution in [0.2, 0.25) is 0 Å². The van der Waals surface area contributed by atoms with Crippen LogP contribution in [0.25, 0.3) is 0 Å². The third-order valence-electron chi connectivity index (χ3n) is 6.07. The molecule has 3 heterocycles. The third kappa shape index (κ3) is 6.81. The second-order valence-electron chi connectivity index (χ2n) is 9.02. The number of nitrogens with two attached hydrogens (primary N) is 1. The molecule has 8 nitrogen and oxygen atoms in total. The zero-order valence-electron chi connectivity index (χ0n) is 20.4. The van der Waals surface area contributed by atoms with Gasteiger partial charge in [0.25, 0.3) is 5.91 Å². The number of halogens is 3. The number of hydrogen-bond donors (Lipinski definition) is 2. The number of amides is 1. The molecule has 0 saturated carbocycles. The van der Waals surface area contributed by atoms with E-state index in [4.69, 9.17) is 5.73 Å². The van der Waals surface area contributed by atoms with Crippen molar-refractivity contribution in [2.75, 3.05) is 38.2 Å². The minimum Gasteiger partial charge on any atom is -0.382 e. The molecule has 0 aliphatic carbocycles. The molecule has 1 aliphatic rings. The van der Waals surface area contributed by atoms with Gasteiger partial charge in [-0.1, -0.05) is 12.0 Å². The summed E-state index contributed by atoms with van der Waals surface area (Å²) in [5.74, 6) is 5.28. The Morgan fingerprint density at radius 1 is 1.16 bits per heavy atom. The van der Waals surface area contributed by atoms with E-state index in [0.717, 1.165) is 19.0 Å². The predicted molar refractivity (Wildman–Crippen MR) is 133 cm³/mol. The van der Waals surface area contributed by atoms with Gasteiger partial charge in [0.1, 0.15) is 11.5 Å². The molecule has 2 aromatic heterocycles. The normalized spacial score (nSPS) is 15.9. The highest BCUT2D eigenvalue weighted by atomic mass is 19.4. The highest BCUT2D eigenvalue weighted by Crippen LogP contribution is 2.35. The van der Waals surface area contributed by atoms with Crippen molar-refractivity contribution in [3.8, 4) is 11.8 Å². The molecule has 192 valence electrons. The largest absolute Gasteiger partial charge is 0.416 e. The molecule has 0 bridgehead atoms. The summed E-state index contributed by atoms with van der Waals surface area (Å²) in [5.41, 5.74) is 5.92. The van der Waals surface area contributed by atoms with Crippen molar-refractivity contribution in [3.05, 3.63) is 76.7 Å². The van der Waals surface area contributed by atoms with Crippen LogP contribution in [0.1, 0.15) is 39.2 Å². The van der Waals surface area contributed by atoms with E-state index in [-0.39, 0.29) is 29.2 Å². The van der Waals surface area contributed by atoms with Crippen LogP contribution >= 0.6 is 0 Å². The highest BCUT2D eigenvalue weighted by molar-refractivity contribution is 6.04. The Morgan fingerprint density at radius 2 is 1.97 bits per heavy atom. The lowest BCUT2D eigenvalue weighted by Gasteiger charge is -2.22. The number of likely N-dealkylation sites (N-methyl/N-ethyl adjacent to an activating group) is 1. The Bertz CT molecular complexity index is 1330. The van der Waals surface area contributed by atoms with E-state index in [1.54, 1.807) is 12.1 Å². The van der Waals surface area contributed by atoms with Gasteiger partial charge in [0.05, 0.1) is 11.1 Å². The maximum absolute atomic E-state index is 13.9. The Labute approximate surface area is 212 Å². The summed E-state index contributed by atoms with van der Waals surface area (Å²) in [6.07, 6.45) is -0.868. The number of carbonyl (C=O) groups is 1. The van der Waals surface area contributed by atoms with Crippen LogP contribution in [0.4, 0.5) is 24.7 Å². The van der Waals surface area contributed by atoms with E-state index in [0.29, 0.717) is 23.8 Å². The van der Waals surface area contributed by atoms with Gasteiger partial charge in [0, 0.05) is 49.3 Å². The molecule has 1 aromatic carbocycles. The smallest absolute Gasteiger partial charge is 0.382 e. The molecular weight excluding hydrogens is 483 g/mol. The van der Waals surface area contributed by atoms with Crippen molar-refractivity contribution in [1.29, 1.82) is 0 Å². The molecule has 11 heteroatoms. The van der Waals surface area contributed by atoms with E-state index in [1.807, 2.05) is 19.0 Å². The first-order chi connectivity index (χ1) is 17.6. The summed E-state index contributed by atoms with van der Waals surface area (Å²) >= 11 is 0. The second kappa shape index (κ2) is 10.9.